The minimum Gasteiger partial charge on any atom is -0.492 e. The average molecular weight is 876 g/mol. The number of piperazine rings is 1. The summed E-state index contributed by atoms with van der Waals surface area (Å²) in [4.78, 5) is 61.9. The predicted molar refractivity (Wildman–Crippen MR) is 224 cm³/mol. The van der Waals surface area contributed by atoms with Gasteiger partial charge in [-0.15, -0.1) is 0 Å². The fourth-order valence-electron chi connectivity index (χ4n) is 9.00. The first-order valence-corrected chi connectivity index (χ1v) is 21.1. The number of imide groups is 1. The molecule has 0 radical (unpaired) electrons. The minimum absolute atomic E-state index is 0.00795. The van der Waals surface area contributed by atoms with Gasteiger partial charge in [-0.1, -0.05) is 0 Å². The molecule has 326 valence electrons. The van der Waals surface area contributed by atoms with Gasteiger partial charge < -0.3 is 20.3 Å². The van der Waals surface area contributed by atoms with Gasteiger partial charge in [0.1, 0.15) is 35.8 Å². The third kappa shape index (κ3) is 8.55. The Morgan fingerprint density at radius 1 is 1.03 bits per heavy atom. The Hall–Kier alpha value is -5.71. The molecule has 4 heterocycles. The maximum Gasteiger partial charge on any atom is 0.419 e. The van der Waals surface area contributed by atoms with Crippen LogP contribution in [0.2, 0.25) is 0 Å². The molecular weight excluding hydrogens is 831 g/mol. The lowest BCUT2D eigenvalue weighted by molar-refractivity contribution is -0.138. The molecule has 2 aliphatic carbocycles. The number of amides is 4. The number of benzene rings is 2. The molecule has 3 N–H and O–H groups in total. The molecule has 4 amide bonds. The summed E-state index contributed by atoms with van der Waals surface area (Å²) in [6.45, 7) is 6.53. The number of pyridine rings is 1. The highest BCUT2D eigenvalue weighted by Crippen LogP contribution is 2.51. The number of hydrogen-bond donors (Lipinski definition) is 3. The lowest BCUT2D eigenvalue weighted by Crippen LogP contribution is -2.58. The van der Waals surface area contributed by atoms with Crippen LogP contribution in [0.3, 0.4) is 0 Å². The van der Waals surface area contributed by atoms with Crippen molar-refractivity contribution in [1.82, 2.24) is 20.1 Å². The van der Waals surface area contributed by atoms with E-state index < -0.39 is 46.6 Å². The summed E-state index contributed by atoms with van der Waals surface area (Å²) in [6, 6.07) is 11.2. The van der Waals surface area contributed by atoms with Crippen LogP contribution < -0.4 is 30.5 Å². The Kier molecular flexibility index (Phi) is 11.7. The van der Waals surface area contributed by atoms with Crippen LogP contribution in [0, 0.1) is 17.1 Å². The van der Waals surface area contributed by atoms with Crippen LogP contribution in [-0.2, 0) is 25.4 Å². The molecule has 14 nitrogen and oxygen atoms in total. The maximum atomic E-state index is 14.5. The molecule has 62 heavy (non-hydrogen) atoms. The molecule has 3 aliphatic heterocycles. The average Bonchev–Trinajstić information content (AvgIpc) is 4.01. The maximum absolute atomic E-state index is 14.5. The first kappa shape index (κ1) is 43.0. The topological polar surface area (TPSA) is 163 Å². The van der Waals surface area contributed by atoms with Gasteiger partial charge in [0.25, 0.3) is 5.91 Å². The Morgan fingerprint density at radius 3 is 2.40 bits per heavy atom. The molecule has 2 aromatic carbocycles. The van der Waals surface area contributed by atoms with E-state index in [4.69, 9.17) is 17.0 Å². The number of aromatic nitrogens is 1. The highest BCUT2D eigenvalue weighted by atomic mass is 32.1. The monoisotopic (exact) mass is 875 g/mol. The zero-order valence-electron chi connectivity index (χ0n) is 34.1. The summed E-state index contributed by atoms with van der Waals surface area (Å²) in [7, 11) is 0. The third-order valence-corrected chi connectivity index (χ3v) is 12.7. The number of nitriles is 1. The van der Waals surface area contributed by atoms with Gasteiger partial charge in [0.15, 0.2) is 10.8 Å². The molecule has 2 saturated carbocycles. The number of nitrogens with one attached hydrogen (secondary N) is 3. The summed E-state index contributed by atoms with van der Waals surface area (Å²) in [5.74, 6) is -1.22. The van der Waals surface area contributed by atoms with Crippen LogP contribution in [0.5, 0.6) is 5.75 Å². The Bertz CT molecular complexity index is 2360. The zero-order chi connectivity index (χ0) is 44.1. The van der Waals surface area contributed by atoms with Crippen molar-refractivity contribution in [3.63, 3.8) is 0 Å². The van der Waals surface area contributed by atoms with Gasteiger partial charge in [0.2, 0.25) is 17.7 Å². The highest BCUT2D eigenvalue weighted by Gasteiger charge is 2.60. The standard InChI is InChI=1S/C43H45F4N9O5S/c1-24-21-53(22-25(2)54(24)23-38(58)51-29-15-27(44)14-28(16-29)50-34-7-9-37(57)52-39(34)59)12-13-61-36-8-6-30(17-32(36)26-4-5-26)56-41(62)55(40(60)42(56)10-3-11-42)31-18-33(43(45,46)47)35(19-48)49-20-31/h6,8,14-18,20,24-26,34,50H,3-5,7,9-13,21-23H2,1-2H3,(H,51,58)(H,52,57,59)/t24-,25+,34?. The van der Waals surface area contributed by atoms with Crippen molar-refractivity contribution in [2.24, 2.45) is 0 Å². The van der Waals surface area contributed by atoms with Crippen LogP contribution in [0.15, 0.2) is 48.7 Å². The van der Waals surface area contributed by atoms with Gasteiger partial charge in [0.05, 0.1) is 24.0 Å². The molecule has 5 fully saturated rings. The van der Waals surface area contributed by atoms with Crippen molar-refractivity contribution in [1.29, 1.82) is 5.26 Å². The quantitative estimate of drug-likeness (QED) is 0.116. The predicted octanol–water partition coefficient (Wildman–Crippen LogP) is 5.68. The number of piperidine rings is 1. The Balaban J connectivity index is 0.881. The minimum atomic E-state index is -4.86. The summed E-state index contributed by atoms with van der Waals surface area (Å²) < 4.78 is 62.5. The molecule has 3 saturated heterocycles. The number of carbonyl (C=O) groups is 4. The van der Waals surface area contributed by atoms with E-state index in [0.717, 1.165) is 42.0 Å². The summed E-state index contributed by atoms with van der Waals surface area (Å²) >= 11 is 5.83. The van der Waals surface area contributed by atoms with E-state index in [0.29, 0.717) is 56.2 Å². The zero-order valence-corrected chi connectivity index (χ0v) is 34.9. The van der Waals surface area contributed by atoms with E-state index >= 15 is 0 Å². The highest BCUT2D eigenvalue weighted by molar-refractivity contribution is 7.81. The van der Waals surface area contributed by atoms with Crippen LogP contribution in [-0.4, -0.2) is 100.0 Å². The van der Waals surface area contributed by atoms with Gasteiger partial charge in [-0.3, -0.25) is 39.2 Å². The molecule has 3 aromatic rings. The lowest BCUT2D eigenvalue weighted by atomic mass is 9.75. The Morgan fingerprint density at radius 2 is 1.76 bits per heavy atom. The number of thiocarbonyl (C=S) groups is 1. The molecule has 5 aliphatic rings. The number of rotatable bonds is 12. The largest absolute Gasteiger partial charge is 0.492 e. The van der Waals surface area contributed by atoms with Crippen LogP contribution in [0.4, 0.5) is 40.3 Å². The number of nitrogens with zero attached hydrogens (tertiary/aromatic N) is 6. The number of anilines is 4. The van der Waals surface area contributed by atoms with E-state index in [-0.39, 0.29) is 65.7 Å². The summed E-state index contributed by atoms with van der Waals surface area (Å²) in [5.41, 5.74) is -1.03. The molecule has 1 spiro atoms. The molecule has 1 unspecified atom stereocenters. The second kappa shape index (κ2) is 16.9. The first-order valence-electron chi connectivity index (χ1n) is 20.7. The van der Waals surface area contributed by atoms with Gasteiger partial charge >= 0.3 is 6.18 Å². The number of alkyl halides is 3. The second-order valence-electron chi connectivity index (χ2n) is 16.7. The van der Waals surface area contributed by atoms with Crippen molar-refractivity contribution in [3.05, 3.63) is 71.3 Å². The fraction of sp³-hybridized carbons (Fsp3) is 0.465. The van der Waals surface area contributed by atoms with Gasteiger partial charge in [-0.25, -0.2) is 9.37 Å². The fourth-order valence-corrected chi connectivity index (χ4v) is 9.47. The van der Waals surface area contributed by atoms with Crippen LogP contribution >= 0.6 is 12.2 Å². The molecule has 1 aromatic heterocycles. The lowest BCUT2D eigenvalue weighted by Gasteiger charge is -2.44. The van der Waals surface area contributed by atoms with E-state index in [1.165, 1.54) is 18.2 Å². The van der Waals surface area contributed by atoms with Crippen molar-refractivity contribution >= 4 is 63.7 Å². The molecular formula is C43H45F4N9O5S. The molecule has 8 rings (SSSR count). The summed E-state index contributed by atoms with van der Waals surface area (Å²) in [6.07, 6.45) is 0.285. The van der Waals surface area contributed by atoms with E-state index in [1.54, 1.807) is 11.0 Å². The second-order valence-corrected chi connectivity index (χ2v) is 17.1. The number of hydrogen-bond acceptors (Lipinski definition) is 11. The number of halogens is 4. The van der Waals surface area contributed by atoms with E-state index in [1.807, 2.05) is 32.0 Å². The first-order chi connectivity index (χ1) is 29.5. The number of carbonyl (C=O) groups excluding carboxylic acids is 4. The number of ether oxygens (including phenoxy) is 1. The third-order valence-electron chi connectivity index (χ3n) is 12.3. The van der Waals surface area contributed by atoms with Crippen molar-refractivity contribution in [2.75, 3.05) is 53.2 Å². The van der Waals surface area contributed by atoms with Crippen molar-refractivity contribution < 1.29 is 41.5 Å². The van der Waals surface area contributed by atoms with E-state index in [9.17, 15) is 42.0 Å². The van der Waals surface area contributed by atoms with Crippen LogP contribution in [0.1, 0.15) is 81.5 Å². The van der Waals surface area contributed by atoms with Crippen LogP contribution in [0.25, 0.3) is 0 Å². The van der Waals surface area contributed by atoms with E-state index in [2.05, 4.69) is 30.7 Å². The Labute approximate surface area is 360 Å². The molecule has 3 atom stereocenters. The SMILES string of the molecule is C[C@@H]1CN(CCOc2ccc(N3C(=S)N(c4cnc(C#N)c(C(F)(F)F)c4)C(=O)C34CCC4)cc2C2CC2)C[C@H](C)N1CC(=O)Nc1cc(F)cc(NC2CCC(=O)NC2=O)c1. The van der Waals surface area contributed by atoms with Gasteiger partial charge in [0, 0.05) is 55.2 Å². The van der Waals surface area contributed by atoms with Gasteiger partial charge in [-0.2, -0.15) is 18.4 Å². The smallest absolute Gasteiger partial charge is 0.419 e. The van der Waals surface area contributed by atoms with Crippen molar-refractivity contribution in [3.8, 4) is 11.8 Å². The molecule has 0 bridgehead atoms. The van der Waals surface area contributed by atoms with Crippen molar-refractivity contribution in [2.45, 2.75) is 94.6 Å². The van der Waals surface area contributed by atoms with Gasteiger partial charge in [-0.05, 0) is 119 Å². The normalized spacial score (nSPS) is 23.0. The summed E-state index contributed by atoms with van der Waals surface area (Å²) in [5, 5.41) is 17.3. The molecule has 19 heteroatoms.